The number of carbonyl (C=O) groups excluding carboxylic acids is 1. The van der Waals surface area contributed by atoms with E-state index in [9.17, 15) is 4.79 Å². The van der Waals surface area contributed by atoms with E-state index in [0.717, 1.165) is 36.6 Å². The zero-order valence-electron chi connectivity index (χ0n) is 12.6. The van der Waals surface area contributed by atoms with Crippen LogP contribution in [0, 0.1) is 0 Å². The first-order valence-electron chi connectivity index (χ1n) is 7.93. The lowest BCUT2D eigenvalue weighted by atomic mass is 9.79. The number of benzene rings is 2. The van der Waals surface area contributed by atoms with Crippen molar-refractivity contribution < 1.29 is 9.53 Å². The highest BCUT2D eigenvalue weighted by Gasteiger charge is 2.40. The molecule has 1 aliphatic rings. The van der Waals surface area contributed by atoms with Crippen LogP contribution in [0.2, 0.25) is 0 Å². The third-order valence-corrected chi connectivity index (χ3v) is 4.51. The van der Waals surface area contributed by atoms with Gasteiger partial charge in [-0.2, -0.15) is 0 Å². The monoisotopic (exact) mass is 282 g/mol. The van der Waals surface area contributed by atoms with E-state index in [0.29, 0.717) is 6.61 Å². The van der Waals surface area contributed by atoms with Crippen LogP contribution >= 0.6 is 0 Å². The predicted molar refractivity (Wildman–Crippen MR) is 85.7 cm³/mol. The molecule has 2 heteroatoms. The zero-order chi connectivity index (χ0) is 14.7. The van der Waals surface area contributed by atoms with Crippen LogP contribution in [0.4, 0.5) is 0 Å². The highest BCUT2D eigenvalue weighted by atomic mass is 16.5. The standard InChI is InChI=1S/C19H22O2/c1-2-21-19(12-6-3-7-13-19)18(20)17-11-10-15-8-4-5-9-16(15)14-17/h4-5,8-11,14H,2-3,6-7,12-13H2,1H3. The minimum absolute atomic E-state index is 0.162. The van der Waals surface area contributed by atoms with E-state index in [-0.39, 0.29) is 5.78 Å². The molecule has 0 aromatic heterocycles. The molecule has 1 fully saturated rings. The Morgan fingerprint density at radius 3 is 2.48 bits per heavy atom. The van der Waals surface area contributed by atoms with Crippen LogP contribution in [-0.2, 0) is 4.74 Å². The topological polar surface area (TPSA) is 26.3 Å². The van der Waals surface area contributed by atoms with Crippen LogP contribution in [0.1, 0.15) is 49.4 Å². The zero-order valence-corrected chi connectivity index (χ0v) is 12.6. The molecule has 3 rings (SSSR count). The molecule has 0 amide bonds. The lowest BCUT2D eigenvalue weighted by Gasteiger charge is -2.35. The average molecular weight is 282 g/mol. The fourth-order valence-electron chi connectivity index (χ4n) is 3.43. The van der Waals surface area contributed by atoms with Crippen molar-refractivity contribution in [1.82, 2.24) is 0 Å². The Kier molecular flexibility index (Phi) is 4.07. The molecule has 21 heavy (non-hydrogen) atoms. The van der Waals surface area contributed by atoms with E-state index in [1.807, 2.05) is 37.3 Å². The van der Waals surface area contributed by atoms with Gasteiger partial charge in [-0.05, 0) is 36.6 Å². The molecule has 0 heterocycles. The van der Waals surface area contributed by atoms with E-state index < -0.39 is 5.60 Å². The van der Waals surface area contributed by atoms with Crippen LogP contribution in [0.5, 0.6) is 0 Å². The Bertz CT molecular complexity index is 633. The second kappa shape index (κ2) is 5.98. The SMILES string of the molecule is CCOC1(C(=O)c2ccc3ccccc3c2)CCCCC1. The number of rotatable bonds is 4. The smallest absolute Gasteiger partial charge is 0.194 e. The number of ether oxygens (including phenoxy) is 1. The third-order valence-electron chi connectivity index (χ3n) is 4.51. The summed E-state index contributed by atoms with van der Waals surface area (Å²) in [5.41, 5.74) is 0.194. The quantitative estimate of drug-likeness (QED) is 0.756. The summed E-state index contributed by atoms with van der Waals surface area (Å²) in [4.78, 5) is 13.0. The summed E-state index contributed by atoms with van der Waals surface area (Å²) in [7, 11) is 0. The summed E-state index contributed by atoms with van der Waals surface area (Å²) in [5, 5.41) is 2.29. The number of carbonyl (C=O) groups is 1. The van der Waals surface area contributed by atoms with Crippen molar-refractivity contribution in [3.05, 3.63) is 48.0 Å². The molecule has 0 unspecified atom stereocenters. The fraction of sp³-hybridized carbons (Fsp3) is 0.421. The minimum atomic E-state index is -0.588. The van der Waals surface area contributed by atoms with E-state index >= 15 is 0 Å². The maximum Gasteiger partial charge on any atom is 0.194 e. The summed E-state index contributed by atoms with van der Waals surface area (Å²) in [6.45, 7) is 2.57. The maximum absolute atomic E-state index is 13.0. The van der Waals surface area contributed by atoms with Crippen molar-refractivity contribution in [1.29, 1.82) is 0 Å². The first-order chi connectivity index (χ1) is 10.2. The maximum atomic E-state index is 13.0. The number of fused-ring (bicyclic) bond motifs is 1. The molecule has 1 aliphatic carbocycles. The number of ketones is 1. The lowest BCUT2D eigenvalue weighted by molar-refractivity contribution is -0.0410. The van der Waals surface area contributed by atoms with E-state index in [2.05, 4.69) is 12.1 Å². The lowest BCUT2D eigenvalue weighted by Crippen LogP contribution is -2.43. The van der Waals surface area contributed by atoms with Gasteiger partial charge in [-0.25, -0.2) is 0 Å². The molecule has 0 saturated heterocycles. The second-order valence-electron chi connectivity index (χ2n) is 5.88. The summed E-state index contributed by atoms with van der Waals surface area (Å²) in [5.74, 6) is 0.162. The summed E-state index contributed by atoms with van der Waals surface area (Å²) >= 11 is 0. The Morgan fingerprint density at radius 1 is 1.05 bits per heavy atom. The summed E-state index contributed by atoms with van der Waals surface area (Å²) < 4.78 is 5.95. The average Bonchev–Trinajstić information content (AvgIpc) is 2.55. The molecule has 0 bridgehead atoms. The van der Waals surface area contributed by atoms with E-state index in [1.54, 1.807) is 0 Å². The molecule has 0 radical (unpaired) electrons. The van der Waals surface area contributed by atoms with Crippen molar-refractivity contribution in [2.24, 2.45) is 0 Å². The van der Waals surface area contributed by atoms with Gasteiger partial charge in [-0.1, -0.05) is 55.7 Å². The molecule has 0 aliphatic heterocycles. The Balaban J connectivity index is 1.97. The van der Waals surface area contributed by atoms with Gasteiger partial charge in [0.15, 0.2) is 5.78 Å². The predicted octanol–water partition coefficient (Wildman–Crippen LogP) is 4.76. The molecule has 0 spiro atoms. The van der Waals surface area contributed by atoms with Crippen molar-refractivity contribution in [2.45, 2.75) is 44.6 Å². The molecule has 2 nitrogen and oxygen atoms in total. The first kappa shape index (κ1) is 14.3. The Labute approximate surface area is 126 Å². The molecule has 2 aromatic carbocycles. The van der Waals surface area contributed by atoms with Crippen molar-refractivity contribution in [2.75, 3.05) is 6.61 Å². The molecule has 2 aromatic rings. The number of hydrogen-bond acceptors (Lipinski definition) is 2. The first-order valence-corrected chi connectivity index (χ1v) is 7.93. The van der Waals surface area contributed by atoms with Crippen LogP contribution in [0.3, 0.4) is 0 Å². The van der Waals surface area contributed by atoms with Gasteiger partial charge in [0.05, 0.1) is 0 Å². The normalized spacial score (nSPS) is 17.8. The molecule has 0 atom stereocenters. The van der Waals surface area contributed by atoms with E-state index in [1.165, 1.54) is 11.8 Å². The largest absolute Gasteiger partial charge is 0.367 e. The molecular formula is C19H22O2. The molecule has 110 valence electrons. The Hall–Kier alpha value is -1.67. The van der Waals surface area contributed by atoms with Crippen LogP contribution in [0.25, 0.3) is 10.8 Å². The highest BCUT2D eigenvalue weighted by Crippen LogP contribution is 2.35. The van der Waals surface area contributed by atoms with Crippen molar-refractivity contribution in [3.8, 4) is 0 Å². The minimum Gasteiger partial charge on any atom is -0.367 e. The van der Waals surface area contributed by atoms with Crippen molar-refractivity contribution in [3.63, 3.8) is 0 Å². The summed E-state index contributed by atoms with van der Waals surface area (Å²) in [6, 6.07) is 14.1. The fourth-order valence-corrected chi connectivity index (χ4v) is 3.43. The number of hydrogen-bond donors (Lipinski definition) is 0. The van der Waals surface area contributed by atoms with E-state index in [4.69, 9.17) is 4.74 Å². The molecule has 1 saturated carbocycles. The molecular weight excluding hydrogens is 260 g/mol. The van der Waals surface area contributed by atoms with Gasteiger partial charge in [-0.15, -0.1) is 0 Å². The second-order valence-corrected chi connectivity index (χ2v) is 5.88. The van der Waals surface area contributed by atoms with Gasteiger partial charge in [-0.3, -0.25) is 4.79 Å². The van der Waals surface area contributed by atoms with Crippen LogP contribution < -0.4 is 0 Å². The van der Waals surface area contributed by atoms with Gasteiger partial charge < -0.3 is 4.74 Å². The highest BCUT2D eigenvalue weighted by molar-refractivity contribution is 6.05. The molecule has 0 N–H and O–H groups in total. The van der Waals surface area contributed by atoms with Crippen LogP contribution in [-0.4, -0.2) is 18.0 Å². The van der Waals surface area contributed by atoms with Gasteiger partial charge in [0.1, 0.15) is 5.60 Å². The summed E-state index contributed by atoms with van der Waals surface area (Å²) in [6.07, 6.45) is 5.08. The Morgan fingerprint density at radius 2 is 1.76 bits per heavy atom. The van der Waals surface area contributed by atoms with Gasteiger partial charge >= 0.3 is 0 Å². The van der Waals surface area contributed by atoms with Gasteiger partial charge in [0, 0.05) is 12.2 Å². The van der Waals surface area contributed by atoms with Crippen LogP contribution in [0.15, 0.2) is 42.5 Å². The number of Topliss-reactive ketones (excluding diaryl/α,β-unsaturated/α-hetero) is 1. The third kappa shape index (κ3) is 2.73. The van der Waals surface area contributed by atoms with Gasteiger partial charge in [0.2, 0.25) is 0 Å². The van der Waals surface area contributed by atoms with Crippen molar-refractivity contribution >= 4 is 16.6 Å². The van der Waals surface area contributed by atoms with Gasteiger partial charge in [0.25, 0.3) is 0 Å².